The summed E-state index contributed by atoms with van der Waals surface area (Å²) < 4.78 is 68.3. The van der Waals surface area contributed by atoms with Gasteiger partial charge in [-0.15, -0.1) is 0 Å². The molecule has 2 saturated heterocycles. The molecular formula is C25H47B3F2KN3O6. The molecule has 2 aliphatic heterocycles. The molecule has 0 spiro atoms. The summed E-state index contributed by atoms with van der Waals surface area (Å²) in [5.74, 6) is -2.92. The van der Waals surface area contributed by atoms with Crippen molar-refractivity contribution in [3.63, 3.8) is 0 Å². The van der Waals surface area contributed by atoms with Crippen molar-refractivity contribution >= 4 is 20.4 Å². The van der Waals surface area contributed by atoms with E-state index in [4.69, 9.17) is 28.4 Å². The predicted octanol–water partition coefficient (Wildman–Crippen LogP) is -0.462. The predicted molar refractivity (Wildman–Crippen MR) is 153 cm³/mol. The van der Waals surface area contributed by atoms with Gasteiger partial charge in [0.05, 0.1) is 79.3 Å². The Morgan fingerprint density at radius 2 is 0.900 bits per heavy atom. The van der Waals surface area contributed by atoms with E-state index in [1.165, 1.54) is 12.1 Å². The third-order valence-electron chi connectivity index (χ3n) is 8.02. The van der Waals surface area contributed by atoms with Crippen LogP contribution in [0.15, 0.2) is 30.3 Å². The van der Waals surface area contributed by atoms with E-state index in [0.717, 1.165) is 0 Å². The van der Waals surface area contributed by atoms with Crippen molar-refractivity contribution in [3.8, 4) is 0 Å². The molecule has 1 aromatic carbocycles. The minimum absolute atomic E-state index is 0. The van der Waals surface area contributed by atoms with Crippen LogP contribution in [0.2, 0.25) is 20.5 Å². The van der Waals surface area contributed by atoms with Gasteiger partial charge in [0.25, 0.3) is 14.0 Å². The summed E-state index contributed by atoms with van der Waals surface area (Å²) in [6.07, 6.45) is -2.20. The van der Waals surface area contributed by atoms with Crippen molar-refractivity contribution in [2.75, 3.05) is 100 Å². The van der Waals surface area contributed by atoms with E-state index in [2.05, 4.69) is 4.72 Å². The summed E-state index contributed by atoms with van der Waals surface area (Å²) in [5, 5.41) is 0. The van der Waals surface area contributed by atoms with Gasteiger partial charge < -0.3 is 42.6 Å². The fourth-order valence-electron chi connectivity index (χ4n) is 4.82. The molecule has 9 nitrogen and oxygen atoms in total. The molecule has 40 heavy (non-hydrogen) atoms. The third kappa shape index (κ3) is 11.2. The normalized spacial score (nSPS) is 22.3. The summed E-state index contributed by atoms with van der Waals surface area (Å²) in [6.45, 7) is 12.6. The quantitative estimate of drug-likeness (QED) is 0.423. The van der Waals surface area contributed by atoms with E-state index in [0.29, 0.717) is 79.3 Å². The average molecular weight is 595 g/mol. The first kappa shape index (κ1) is 38.6. The summed E-state index contributed by atoms with van der Waals surface area (Å²) >= 11 is 0. The molecule has 3 rings (SSSR count). The Morgan fingerprint density at radius 3 is 1.18 bits per heavy atom. The zero-order valence-corrected chi connectivity index (χ0v) is 28.8. The average Bonchev–Trinajstić information content (AvgIpc) is 2.94. The summed E-state index contributed by atoms with van der Waals surface area (Å²) in [5.41, 5.74) is 0.0788. The molecule has 2 aliphatic rings. The van der Waals surface area contributed by atoms with E-state index in [1.54, 1.807) is 39.1 Å². The van der Waals surface area contributed by atoms with Gasteiger partial charge in [0.15, 0.2) is 12.2 Å². The molecular weight excluding hydrogens is 548 g/mol. The Hall–Kier alpha value is 0.551. The molecule has 0 bridgehead atoms. The zero-order valence-electron chi connectivity index (χ0n) is 25.7. The SMILES string of the molecule is C1COCCOCCOCCOCCOCCO1.CB1N(C)B(C)N(C)[B-](C)(C(F)(F)c2ccccc2)N1C.[K+]. The van der Waals surface area contributed by atoms with Crippen LogP contribution < -0.4 is 51.4 Å². The van der Waals surface area contributed by atoms with Crippen LogP contribution in [0.4, 0.5) is 8.78 Å². The van der Waals surface area contributed by atoms with Gasteiger partial charge in [-0.2, -0.15) is 6.82 Å². The maximum Gasteiger partial charge on any atom is 1.00 e. The minimum atomic E-state index is -2.92. The van der Waals surface area contributed by atoms with Gasteiger partial charge >= 0.3 is 51.4 Å². The molecule has 222 valence electrons. The Balaban J connectivity index is 0.000000395. The molecule has 0 aliphatic carbocycles. The van der Waals surface area contributed by atoms with Crippen molar-refractivity contribution < 1.29 is 88.6 Å². The second kappa shape index (κ2) is 20.5. The van der Waals surface area contributed by atoms with Crippen LogP contribution in [0.25, 0.3) is 0 Å². The van der Waals surface area contributed by atoms with Crippen molar-refractivity contribution in [1.29, 1.82) is 0 Å². The van der Waals surface area contributed by atoms with Gasteiger partial charge in [0.2, 0.25) is 0 Å². The first-order valence-corrected chi connectivity index (χ1v) is 13.9. The number of ether oxygens (including phenoxy) is 6. The van der Waals surface area contributed by atoms with Crippen LogP contribution in [0.3, 0.4) is 0 Å². The number of benzene rings is 1. The largest absolute Gasteiger partial charge is 1.00 e. The summed E-state index contributed by atoms with van der Waals surface area (Å²) in [7, 11) is 5.56. The second-order valence-electron chi connectivity index (χ2n) is 10.1. The zero-order chi connectivity index (χ0) is 28.7. The molecule has 0 aromatic heterocycles. The number of nitrogens with zero attached hydrogens (tertiary/aromatic N) is 3. The Kier molecular flexibility index (Phi) is 19.8. The maximum atomic E-state index is 15.3. The van der Waals surface area contributed by atoms with Gasteiger partial charge in [0, 0.05) is 0 Å². The first-order chi connectivity index (χ1) is 18.7. The van der Waals surface area contributed by atoms with Crippen LogP contribution in [-0.4, -0.2) is 135 Å². The second-order valence-corrected chi connectivity index (χ2v) is 10.1. The fourth-order valence-corrected chi connectivity index (χ4v) is 4.82. The first-order valence-electron chi connectivity index (χ1n) is 13.9. The van der Waals surface area contributed by atoms with E-state index in [9.17, 15) is 0 Å². The topological polar surface area (TPSA) is 65.1 Å². The number of hydrogen-bond acceptors (Lipinski definition) is 9. The standard InChI is InChI=1S/C13H23B3F2N3.C12H24O6.K/c1-14-19(4)15(2)21(6)16(3,20(14)5)13(17,18)12-10-8-7-9-11-12;1-2-14-5-6-16-9-10-18-12-11-17-8-7-15-4-3-13-1;/h7-11H,1-6H3;1-12H2;/q-1;;+1. The third-order valence-corrected chi connectivity index (χ3v) is 8.02. The van der Waals surface area contributed by atoms with Crippen molar-refractivity contribution in [1.82, 2.24) is 14.2 Å². The minimum Gasteiger partial charge on any atom is -0.490 e. The number of rotatable bonds is 2. The van der Waals surface area contributed by atoms with E-state index < -0.39 is 12.2 Å². The summed E-state index contributed by atoms with van der Waals surface area (Å²) in [6, 6.07) is 8.14. The Bertz CT molecular complexity index is 708. The van der Waals surface area contributed by atoms with Gasteiger partial charge in [-0.3, -0.25) is 0 Å². The molecule has 0 atom stereocenters. The van der Waals surface area contributed by atoms with Crippen LogP contribution >= 0.6 is 0 Å². The molecule has 0 unspecified atom stereocenters. The van der Waals surface area contributed by atoms with E-state index in [1.807, 2.05) is 30.1 Å². The van der Waals surface area contributed by atoms with E-state index >= 15 is 8.78 Å². The molecule has 15 heteroatoms. The fraction of sp³-hybridized carbons (Fsp3) is 0.760. The molecule has 2 heterocycles. The Morgan fingerprint density at radius 1 is 0.625 bits per heavy atom. The van der Waals surface area contributed by atoms with Crippen molar-refractivity contribution in [2.24, 2.45) is 0 Å². The number of hydrogen-bond donors (Lipinski definition) is 0. The molecule has 2 fully saturated rings. The van der Waals surface area contributed by atoms with Crippen molar-refractivity contribution in [3.05, 3.63) is 35.9 Å². The van der Waals surface area contributed by atoms with Crippen LogP contribution in [-0.2, 0) is 34.2 Å². The Labute approximate surface area is 283 Å². The maximum absolute atomic E-state index is 15.3. The monoisotopic (exact) mass is 595 g/mol. The molecule has 0 amide bonds. The van der Waals surface area contributed by atoms with Crippen molar-refractivity contribution in [2.45, 2.75) is 26.3 Å². The molecule has 1 aromatic rings. The smallest absolute Gasteiger partial charge is 0.490 e. The molecule has 0 N–H and O–H groups in total. The van der Waals surface area contributed by atoms with Gasteiger partial charge in [-0.1, -0.05) is 58.1 Å². The van der Waals surface area contributed by atoms with Gasteiger partial charge in [0.1, 0.15) is 0 Å². The summed E-state index contributed by atoms with van der Waals surface area (Å²) in [4.78, 5) is 0. The number of alkyl halides is 2. The molecule has 0 radical (unpaired) electrons. The van der Waals surface area contributed by atoms with Crippen LogP contribution in [0, 0.1) is 0 Å². The molecule has 0 saturated carbocycles. The number of halogens is 2. The van der Waals surface area contributed by atoms with Gasteiger partial charge in [-0.05, 0) is 12.6 Å². The van der Waals surface area contributed by atoms with Crippen LogP contribution in [0.5, 0.6) is 0 Å². The van der Waals surface area contributed by atoms with Gasteiger partial charge in [-0.25, -0.2) is 8.78 Å². The van der Waals surface area contributed by atoms with E-state index in [-0.39, 0.29) is 70.9 Å². The van der Waals surface area contributed by atoms with Crippen LogP contribution in [0.1, 0.15) is 5.56 Å².